The van der Waals surface area contributed by atoms with Crippen LogP contribution in [0.3, 0.4) is 0 Å². The zero-order chi connectivity index (χ0) is 20.1. The van der Waals surface area contributed by atoms with E-state index < -0.39 is 0 Å². The van der Waals surface area contributed by atoms with Gasteiger partial charge >= 0.3 is 0 Å². The summed E-state index contributed by atoms with van der Waals surface area (Å²) in [5, 5.41) is 5.80. The number of ether oxygens (including phenoxy) is 1. The number of carbonyl (C=O) groups is 1. The zero-order valence-electron chi connectivity index (χ0n) is 15.9. The van der Waals surface area contributed by atoms with E-state index in [1.807, 2.05) is 29.6 Å². The lowest BCUT2D eigenvalue weighted by atomic mass is 10.1. The lowest BCUT2D eigenvalue weighted by Gasteiger charge is -2.26. The van der Waals surface area contributed by atoms with Gasteiger partial charge in [-0.25, -0.2) is 4.98 Å². The number of thiazole rings is 1. The van der Waals surface area contributed by atoms with Gasteiger partial charge in [-0.05, 0) is 29.8 Å². The minimum atomic E-state index is -0.0648. The largest absolute Gasteiger partial charge is 0.379 e. The summed E-state index contributed by atoms with van der Waals surface area (Å²) >= 11 is 4.96. The minimum absolute atomic E-state index is 0.0648. The van der Waals surface area contributed by atoms with Crippen LogP contribution in [-0.2, 0) is 22.5 Å². The van der Waals surface area contributed by atoms with Gasteiger partial charge in [-0.2, -0.15) is 0 Å². The van der Waals surface area contributed by atoms with Gasteiger partial charge in [0.25, 0.3) is 0 Å². The number of rotatable bonds is 6. The highest BCUT2D eigenvalue weighted by Gasteiger charge is 2.12. The topological polar surface area (TPSA) is 54.5 Å². The summed E-state index contributed by atoms with van der Waals surface area (Å²) in [5.74, 6) is -0.0648. The number of nitrogens with one attached hydrogen (secondary N) is 1. The fraction of sp³-hybridized carbons (Fsp3) is 0.273. The third kappa shape index (κ3) is 5.73. The molecule has 1 aliphatic rings. The minimum Gasteiger partial charge on any atom is -0.379 e. The van der Waals surface area contributed by atoms with Crippen molar-refractivity contribution in [3.63, 3.8) is 0 Å². The number of aromatic nitrogens is 1. The molecule has 150 valence electrons. The van der Waals surface area contributed by atoms with Gasteiger partial charge in [0, 0.05) is 40.7 Å². The van der Waals surface area contributed by atoms with Gasteiger partial charge in [0.2, 0.25) is 5.91 Å². The van der Waals surface area contributed by atoms with Crippen molar-refractivity contribution in [1.82, 2.24) is 9.88 Å². The van der Waals surface area contributed by atoms with Crippen LogP contribution in [0.5, 0.6) is 0 Å². The SMILES string of the molecule is O=C(Cc1csc(-c2ccc(CN3CCOCC3)cc2)n1)Nc1ccc(Br)cc1. The number of hydrogen-bond acceptors (Lipinski definition) is 5. The number of carbonyl (C=O) groups excluding carboxylic acids is 1. The first-order chi connectivity index (χ1) is 14.2. The lowest BCUT2D eigenvalue weighted by Crippen LogP contribution is -2.35. The Kier molecular flexibility index (Phi) is 6.71. The number of nitrogens with zero attached hydrogens (tertiary/aromatic N) is 2. The van der Waals surface area contributed by atoms with E-state index in [0.717, 1.165) is 59.3 Å². The molecule has 0 spiro atoms. The second-order valence-corrected chi connectivity index (χ2v) is 8.74. The van der Waals surface area contributed by atoms with Gasteiger partial charge in [-0.15, -0.1) is 11.3 Å². The molecular weight excluding hydrogens is 450 g/mol. The summed E-state index contributed by atoms with van der Waals surface area (Å²) in [6.07, 6.45) is 0.266. The second-order valence-electron chi connectivity index (χ2n) is 6.96. The van der Waals surface area contributed by atoms with Crippen LogP contribution in [0, 0.1) is 0 Å². The van der Waals surface area contributed by atoms with E-state index >= 15 is 0 Å². The quantitative estimate of drug-likeness (QED) is 0.571. The number of amides is 1. The fourth-order valence-electron chi connectivity index (χ4n) is 3.19. The van der Waals surface area contributed by atoms with Gasteiger partial charge in [0.05, 0.1) is 25.3 Å². The number of halogens is 1. The van der Waals surface area contributed by atoms with Crippen molar-refractivity contribution >= 4 is 38.9 Å². The first kappa shape index (κ1) is 20.2. The highest BCUT2D eigenvalue weighted by Crippen LogP contribution is 2.25. The van der Waals surface area contributed by atoms with Gasteiger partial charge in [-0.3, -0.25) is 9.69 Å². The van der Waals surface area contributed by atoms with Crippen molar-refractivity contribution in [2.24, 2.45) is 0 Å². The van der Waals surface area contributed by atoms with Crippen molar-refractivity contribution < 1.29 is 9.53 Å². The van der Waals surface area contributed by atoms with Crippen LogP contribution in [0.25, 0.3) is 10.6 Å². The first-order valence-electron chi connectivity index (χ1n) is 9.55. The van der Waals surface area contributed by atoms with Crippen LogP contribution in [0.1, 0.15) is 11.3 Å². The lowest BCUT2D eigenvalue weighted by molar-refractivity contribution is -0.115. The summed E-state index contributed by atoms with van der Waals surface area (Å²) < 4.78 is 6.39. The van der Waals surface area contributed by atoms with Gasteiger partial charge in [0.1, 0.15) is 5.01 Å². The maximum Gasteiger partial charge on any atom is 0.230 e. The second kappa shape index (κ2) is 9.63. The van der Waals surface area contributed by atoms with E-state index in [-0.39, 0.29) is 12.3 Å². The highest BCUT2D eigenvalue weighted by atomic mass is 79.9. The Bertz CT molecular complexity index is 951. The molecule has 1 amide bonds. The van der Waals surface area contributed by atoms with E-state index in [1.54, 1.807) is 11.3 Å². The molecule has 0 radical (unpaired) electrons. The molecule has 2 aromatic carbocycles. The van der Waals surface area contributed by atoms with E-state index in [1.165, 1.54) is 5.56 Å². The Morgan fingerprint density at radius 2 is 1.83 bits per heavy atom. The van der Waals surface area contributed by atoms with Crippen molar-refractivity contribution in [2.75, 3.05) is 31.6 Å². The summed E-state index contributed by atoms with van der Waals surface area (Å²) in [4.78, 5) is 19.3. The molecule has 3 aromatic rings. The van der Waals surface area contributed by atoms with Gasteiger partial charge < -0.3 is 10.1 Å². The maximum atomic E-state index is 12.3. The molecule has 0 aliphatic carbocycles. The summed E-state index contributed by atoms with van der Waals surface area (Å²) in [6.45, 7) is 4.55. The molecule has 7 heteroatoms. The predicted octanol–water partition coefficient (Wildman–Crippen LogP) is 4.59. The molecule has 29 heavy (non-hydrogen) atoms. The third-order valence-corrected chi connectivity index (χ3v) is 6.20. The van der Waals surface area contributed by atoms with Crippen molar-refractivity contribution in [3.8, 4) is 10.6 Å². The molecule has 0 bridgehead atoms. The zero-order valence-corrected chi connectivity index (χ0v) is 18.3. The average molecular weight is 472 g/mol. The van der Waals surface area contributed by atoms with E-state index in [0.29, 0.717) is 0 Å². The first-order valence-corrected chi connectivity index (χ1v) is 11.2. The van der Waals surface area contributed by atoms with Crippen LogP contribution in [0.2, 0.25) is 0 Å². The molecule has 1 N–H and O–H groups in total. The molecule has 0 unspecified atom stereocenters. The highest BCUT2D eigenvalue weighted by molar-refractivity contribution is 9.10. The fourth-order valence-corrected chi connectivity index (χ4v) is 4.28. The summed E-state index contributed by atoms with van der Waals surface area (Å²) in [6, 6.07) is 16.1. The number of hydrogen-bond donors (Lipinski definition) is 1. The van der Waals surface area contributed by atoms with Crippen LogP contribution in [0.15, 0.2) is 58.4 Å². The molecule has 1 fully saturated rings. The molecule has 0 atom stereocenters. The van der Waals surface area contributed by atoms with Crippen LogP contribution in [0.4, 0.5) is 5.69 Å². The van der Waals surface area contributed by atoms with Crippen molar-refractivity contribution in [2.45, 2.75) is 13.0 Å². The third-order valence-electron chi connectivity index (χ3n) is 4.73. The van der Waals surface area contributed by atoms with Gasteiger partial charge in [-0.1, -0.05) is 40.2 Å². The van der Waals surface area contributed by atoms with Crippen LogP contribution < -0.4 is 5.32 Å². The standard InChI is InChI=1S/C22H22BrN3O2S/c23-18-5-7-19(8-6-18)24-21(27)13-20-15-29-22(25-20)17-3-1-16(2-4-17)14-26-9-11-28-12-10-26/h1-8,15H,9-14H2,(H,24,27). The Morgan fingerprint density at radius 1 is 1.10 bits per heavy atom. The monoisotopic (exact) mass is 471 g/mol. The Hall–Kier alpha value is -2.06. The average Bonchev–Trinajstić information content (AvgIpc) is 3.19. The Labute approximate surface area is 182 Å². The summed E-state index contributed by atoms with van der Waals surface area (Å²) in [5.41, 5.74) is 3.95. The molecule has 0 saturated carbocycles. The number of benzene rings is 2. The van der Waals surface area contributed by atoms with Gasteiger partial charge in [0.15, 0.2) is 0 Å². The smallest absolute Gasteiger partial charge is 0.230 e. The Morgan fingerprint density at radius 3 is 2.55 bits per heavy atom. The Balaban J connectivity index is 1.34. The molecule has 4 rings (SSSR count). The van der Waals surface area contributed by atoms with E-state index in [2.05, 4.69) is 55.4 Å². The molecule has 1 saturated heterocycles. The molecular formula is C22H22BrN3O2S. The normalized spacial score (nSPS) is 14.7. The molecule has 1 aliphatic heterocycles. The molecule has 2 heterocycles. The predicted molar refractivity (Wildman–Crippen MR) is 120 cm³/mol. The number of morpholine rings is 1. The van der Waals surface area contributed by atoms with Crippen LogP contribution >= 0.6 is 27.3 Å². The maximum absolute atomic E-state index is 12.3. The molecule has 5 nitrogen and oxygen atoms in total. The summed E-state index contributed by atoms with van der Waals surface area (Å²) in [7, 11) is 0. The van der Waals surface area contributed by atoms with Crippen molar-refractivity contribution in [1.29, 1.82) is 0 Å². The van der Waals surface area contributed by atoms with E-state index in [4.69, 9.17) is 4.74 Å². The molecule has 1 aromatic heterocycles. The van der Waals surface area contributed by atoms with E-state index in [9.17, 15) is 4.79 Å². The van der Waals surface area contributed by atoms with Crippen molar-refractivity contribution in [3.05, 3.63) is 69.6 Å². The van der Waals surface area contributed by atoms with Crippen LogP contribution in [-0.4, -0.2) is 42.1 Å². The number of anilines is 1.